The Morgan fingerprint density at radius 3 is 2.67 bits per heavy atom. The molecule has 0 bridgehead atoms. The Balaban J connectivity index is 1.76. The maximum Gasteiger partial charge on any atom is 0.306 e. The van der Waals surface area contributed by atoms with Gasteiger partial charge in [0, 0.05) is 6.04 Å². The average molecular weight is 295 g/mol. The minimum Gasteiger partial charge on any atom is -0.484 e. The first-order chi connectivity index (χ1) is 10.0. The van der Waals surface area contributed by atoms with Crippen molar-refractivity contribution in [1.82, 2.24) is 5.32 Å². The van der Waals surface area contributed by atoms with E-state index in [1.807, 2.05) is 0 Å². The zero-order valence-electron chi connectivity index (χ0n) is 11.5. The molecule has 1 aliphatic carbocycles. The van der Waals surface area contributed by atoms with Gasteiger partial charge < -0.3 is 15.2 Å². The third-order valence-corrected chi connectivity index (χ3v) is 3.57. The molecule has 1 aromatic rings. The van der Waals surface area contributed by atoms with Crippen molar-refractivity contribution in [3.8, 4) is 5.75 Å². The first-order valence-corrected chi connectivity index (χ1v) is 6.95. The fraction of sp³-hybridized carbons (Fsp3) is 0.467. The standard InChI is InChI=1S/C15H18FNO4/c16-11-4-6-13(7-5-11)21-9-14(18)17-12-3-1-2-10(8-12)15(19)20/h4-7,10,12H,1-3,8-9H2,(H,17,18)(H,19,20). The zero-order valence-corrected chi connectivity index (χ0v) is 11.5. The number of carboxylic acid groups (broad SMARTS) is 1. The van der Waals surface area contributed by atoms with E-state index in [-0.39, 0.29) is 30.3 Å². The number of rotatable bonds is 5. The molecular weight excluding hydrogens is 277 g/mol. The van der Waals surface area contributed by atoms with Gasteiger partial charge >= 0.3 is 5.97 Å². The summed E-state index contributed by atoms with van der Waals surface area (Å²) in [6.07, 6.45) is 2.69. The Kier molecular flexibility index (Phi) is 5.14. The molecule has 2 atom stereocenters. The van der Waals surface area contributed by atoms with Gasteiger partial charge in [-0.05, 0) is 43.5 Å². The van der Waals surface area contributed by atoms with Crippen molar-refractivity contribution in [3.05, 3.63) is 30.1 Å². The highest BCUT2D eigenvalue weighted by Gasteiger charge is 2.27. The van der Waals surface area contributed by atoms with Crippen molar-refractivity contribution in [2.45, 2.75) is 31.7 Å². The Morgan fingerprint density at radius 1 is 1.29 bits per heavy atom. The molecular formula is C15H18FNO4. The van der Waals surface area contributed by atoms with E-state index < -0.39 is 5.97 Å². The lowest BCUT2D eigenvalue weighted by molar-refractivity contribution is -0.143. The predicted octanol–water partition coefficient (Wildman–Crippen LogP) is 1.96. The molecule has 0 aliphatic heterocycles. The number of nitrogens with one attached hydrogen (secondary N) is 1. The van der Waals surface area contributed by atoms with E-state index in [4.69, 9.17) is 9.84 Å². The van der Waals surface area contributed by atoms with Crippen LogP contribution < -0.4 is 10.1 Å². The van der Waals surface area contributed by atoms with Gasteiger partial charge in [0.25, 0.3) is 5.91 Å². The van der Waals surface area contributed by atoms with Crippen LogP contribution in [0, 0.1) is 11.7 Å². The summed E-state index contributed by atoms with van der Waals surface area (Å²) in [5, 5.41) is 11.8. The fourth-order valence-electron chi connectivity index (χ4n) is 2.49. The minimum absolute atomic E-state index is 0.121. The van der Waals surface area contributed by atoms with Crippen molar-refractivity contribution in [2.24, 2.45) is 5.92 Å². The molecule has 0 spiro atoms. The molecule has 6 heteroatoms. The van der Waals surface area contributed by atoms with Crippen LogP contribution in [0.1, 0.15) is 25.7 Å². The van der Waals surface area contributed by atoms with Gasteiger partial charge in [-0.25, -0.2) is 4.39 Å². The predicted molar refractivity (Wildman–Crippen MR) is 73.4 cm³/mol. The largest absolute Gasteiger partial charge is 0.484 e. The van der Waals surface area contributed by atoms with Crippen molar-refractivity contribution in [1.29, 1.82) is 0 Å². The van der Waals surface area contributed by atoms with Gasteiger partial charge in [-0.3, -0.25) is 9.59 Å². The highest BCUT2D eigenvalue weighted by molar-refractivity contribution is 5.78. The van der Waals surface area contributed by atoms with Crippen LogP contribution in [-0.4, -0.2) is 29.6 Å². The molecule has 1 saturated carbocycles. The monoisotopic (exact) mass is 295 g/mol. The van der Waals surface area contributed by atoms with Gasteiger partial charge in [0.15, 0.2) is 6.61 Å². The lowest BCUT2D eigenvalue weighted by Crippen LogP contribution is -2.41. The van der Waals surface area contributed by atoms with Crippen LogP contribution in [0.2, 0.25) is 0 Å². The Bertz CT molecular complexity index is 503. The van der Waals surface area contributed by atoms with E-state index in [0.29, 0.717) is 18.6 Å². The minimum atomic E-state index is -0.809. The first-order valence-electron chi connectivity index (χ1n) is 6.95. The van der Waals surface area contributed by atoms with Crippen LogP contribution in [0.3, 0.4) is 0 Å². The number of aliphatic carboxylic acids is 1. The van der Waals surface area contributed by atoms with Crippen molar-refractivity contribution in [2.75, 3.05) is 6.61 Å². The van der Waals surface area contributed by atoms with Crippen molar-refractivity contribution < 1.29 is 23.8 Å². The molecule has 0 heterocycles. The second-order valence-corrected chi connectivity index (χ2v) is 5.21. The molecule has 1 aliphatic rings. The fourth-order valence-corrected chi connectivity index (χ4v) is 2.49. The second kappa shape index (κ2) is 7.06. The van der Waals surface area contributed by atoms with Crippen LogP contribution in [-0.2, 0) is 9.59 Å². The van der Waals surface area contributed by atoms with E-state index in [1.165, 1.54) is 24.3 Å². The van der Waals surface area contributed by atoms with Crippen LogP contribution in [0.25, 0.3) is 0 Å². The second-order valence-electron chi connectivity index (χ2n) is 5.21. The molecule has 2 rings (SSSR count). The third kappa shape index (κ3) is 4.73. The topological polar surface area (TPSA) is 75.6 Å². The number of carboxylic acids is 1. The number of carbonyl (C=O) groups excluding carboxylic acids is 1. The zero-order chi connectivity index (χ0) is 15.2. The summed E-state index contributed by atoms with van der Waals surface area (Å²) in [7, 11) is 0. The van der Waals surface area contributed by atoms with Crippen LogP contribution in [0.4, 0.5) is 4.39 Å². The summed E-state index contributed by atoms with van der Waals surface area (Å²) in [5.41, 5.74) is 0. The molecule has 0 aromatic heterocycles. The number of benzene rings is 1. The molecule has 2 unspecified atom stereocenters. The van der Waals surface area contributed by atoms with E-state index in [2.05, 4.69) is 5.32 Å². The third-order valence-electron chi connectivity index (χ3n) is 3.57. The van der Waals surface area contributed by atoms with Gasteiger partial charge in [0.05, 0.1) is 5.92 Å². The van der Waals surface area contributed by atoms with Gasteiger partial charge in [0.2, 0.25) is 0 Å². The summed E-state index contributed by atoms with van der Waals surface area (Å²) in [5.74, 6) is -1.44. The van der Waals surface area contributed by atoms with Gasteiger partial charge in [-0.2, -0.15) is 0 Å². The lowest BCUT2D eigenvalue weighted by Gasteiger charge is -2.27. The highest BCUT2D eigenvalue weighted by Crippen LogP contribution is 2.24. The molecule has 0 saturated heterocycles. The number of halogens is 1. The quantitative estimate of drug-likeness (QED) is 0.870. The van der Waals surface area contributed by atoms with E-state index in [0.717, 1.165) is 12.8 Å². The average Bonchev–Trinajstić information content (AvgIpc) is 2.47. The normalized spacial score (nSPS) is 21.6. The molecule has 1 amide bonds. The molecule has 114 valence electrons. The summed E-state index contributed by atoms with van der Waals surface area (Å²) in [6, 6.07) is 5.29. The molecule has 0 radical (unpaired) electrons. The van der Waals surface area contributed by atoms with Crippen molar-refractivity contribution >= 4 is 11.9 Å². The SMILES string of the molecule is O=C(COc1ccc(F)cc1)NC1CCCC(C(=O)O)C1. The Labute approximate surface area is 122 Å². The first kappa shape index (κ1) is 15.3. The summed E-state index contributed by atoms with van der Waals surface area (Å²) in [6.45, 7) is -0.167. The maximum atomic E-state index is 12.7. The van der Waals surface area contributed by atoms with Crippen LogP contribution >= 0.6 is 0 Å². The molecule has 21 heavy (non-hydrogen) atoms. The summed E-state index contributed by atoms with van der Waals surface area (Å²) >= 11 is 0. The van der Waals surface area contributed by atoms with Crippen LogP contribution in [0.15, 0.2) is 24.3 Å². The number of carbonyl (C=O) groups is 2. The maximum absolute atomic E-state index is 12.7. The number of amides is 1. The van der Waals surface area contributed by atoms with Gasteiger partial charge in [-0.1, -0.05) is 6.42 Å². The smallest absolute Gasteiger partial charge is 0.306 e. The Morgan fingerprint density at radius 2 is 2.00 bits per heavy atom. The summed E-state index contributed by atoms with van der Waals surface area (Å²) in [4.78, 5) is 22.7. The molecule has 1 fully saturated rings. The Hall–Kier alpha value is -2.11. The van der Waals surface area contributed by atoms with E-state index in [1.54, 1.807) is 0 Å². The van der Waals surface area contributed by atoms with Crippen molar-refractivity contribution in [3.63, 3.8) is 0 Å². The summed E-state index contributed by atoms with van der Waals surface area (Å²) < 4.78 is 18.0. The molecule has 5 nitrogen and oxygen atoms in total. The van der Waals surface area contributed by atoms with Gasteiger partial charge in [-0.15, -0.1) is 0 Å². The number of ether oxygens (including phenoxy) is 1. The van der Waals surface area contributed by atoms with Gasteiger partial charge in [0.1, 0.15) is 11.6 Å². The lowest BCUT2D eigenvalue weighted by atomic mass is 9.86. The van der Waals surface area contributed by atoms with Crippen LogP contribution in [0.5, 0.6) is 5.75 Å². The molecule has 2 N–H and O–H groups in total. The van der Waals surface area contributed by atoms with E-state index in [9.17, 15) is 14.0 Å². The number of hydrogen-bond acceptors (Lipinski definition) is 3. The highest BCUT2D eigenvalue weighted by atomic mass is 19.1. The molecule has 1 aromatic carbocycles. The van der Waals surface area contributed by atoms with E-state index >= 15 is 0 Å². The number of hydrogen-bond donors (Lipinski definition) is 2.